The van der Waals surface area contributed by atoms with Crippen molar-refractivity contribution in [2.24, 2.45) is 5.73 Å². The number of hydrogen-bond donors (Lipinski definition) is 4. The van der Waals surface area contributed by atoms with Crippen LogP contribution >= 0.6 is 0 Å². The molecule has 2 rings (SSSR count). The molecular formula is C18H18N2O4. The average Bonchev–Trinajstić information content (AvgIpc) is 2.59. The number of carboxylic acid groups (broad SMARTS) is 2. The fourth-order valence-electron chi connectivity index (χ4n) is 2.36. The monoisotopic (exact) mass is 326 g/mol. The first-order valence-electron chi connectivity index (χ1n) is 7.25. The molecule has 0 amide bonds. The Hall–Kier alpha value is -3.12. The minimum atomic E-state index is -1.04. The fraction of sp³-hybridized carbons (Fsp3) is 0.111. The number of aromatic carboxylic acids is 2. The van der Waals surface area contributed by atoms with Crippen molar-refractivity contribution in [3.05, 3.63) is 77.4 Å². The van der Waals surface area contributed by atoms with Gasteiger partial charge >= 0.3 is 11.9 Å². The van der Waals surface area contributed by atoms with E-state index < -0.39 is 11.9 Å². The molecule has 0 spiro atoms. The second-order valence-electron chi connectivity index (χ2n) is 5.19. The van der Waals surface area contributed by atoms with E-state index in [0.717, 1.165) is 5.56 Å². The predicted octanol–water partition coefficient (Wildman–Crippen LogP) is 2.34. The minimum absolute atomic E-state index is 0.145. The van der Waals surface area contributed by atoms with E-state index in [4.69, 9.17) is 10.8 Å². The summed E-state index contributed by atoms with van der Waals surface area (Å²) in [6.07, 6.45) is 0. The van der Waals surface area contributed by atoms with Crippen LogP contribution in [0.3, 0.4) is 0 Å². The van der Waals surface area contributed by atoms with Gasteiger partial charge in [-0.15, -0.1) is 0 Å². The highest BCUT2D eigenvalue weighted by atomic mass is 16.4. The molecule has 0 aliphatic carbocycles. The summed E-state index contributed by atoms with van der Waals surface area (Å²) in [6.45, 7) is 4.14. The number of nitrogens with one attached hydrogen (secondary N) is 1. The van der Waals surface area contributed by atoms with Crippen LogP contribution < -0.4 is 11.1 Å². The van der Waals surface area contributed by atoms with Gasteiger partial charge in [0.1, 0.15) is 0 Å². The van der Waals surface area contributed by atoms with Crippen molar-refractivity contribution in [2.75, 3.05) is 6.54 Å². The van der Waals surface area contributed by atoms with Gasteiger partial charge in [0.25, 0.3) is 0 Å². The van der Waals surface area contributed by atoms with E-state index in [-0.39, 0.29) is 23.7 Å². The number of hydrogen-bond acceptors (Lipinski definition) is 4. The molecule has 0 heterocycles. The quantitative estimate of drug-likeness (QED) is 0.621. The van der Waals surface area contributed by atoms with Gasteiger partial charge < -0.3 is 21.3 Å². The van der Waals surface area contributed by atoms with Crippen LogP contribution in [0.4, 0.5) is 0 Å². The molecule has 6 nitrogen and oxygen atoms in total. The molecule has 0 radical (unpaired) electrons. The van der Waals surface area contributed by atoms with Crippen LogP contribution in [0.2, 0.25) is 0 Å². The van der Waals surface area contributed by atoms with E-state index >= 15 is 0 Å². The van der Waals surface area contributed by atoms with E-state index in [1.165, 1.54) is 18.2 Å². The maximum Gasteiger partial charge on any atom is 0.336 e. The number of benzene rings is 2. The van der Waals surface area contributed by atoms with Gasteiger partial charge in [-0.1, -0.05) is 36.9 Å². The zero-order valence-electron chi connectivity index (χ0n) is 12.9. The van der Waals surface area contributed by atoms with Crippen molar-refractivity contribution in [2.45, 2.75) is 6.04 Å². The summed E-state index contributed by atoms with van der Waals surface area (Å²) >= 11 is 0. The zero-order chi connectivity index (χ0) is 17.7. The van der Waals surface area contributed by atoms with Gasteiger partial charge in [0.15, 0.2) is 0 Å². The summed E-state index contributed by atoms with van der Waals surface area (Å²) < 4.78 is 0. The summed E-state index contributed by atoms with van der Waals surface area (Å²) in [7, 11) is 0. The molecule has 1 unspecified atom stereocenters. The van der Waals surface area contributed by atoms with Gasteiger partial charge in [-0.2, -0.15) is 0 Å². The zero-order valence-corrected chi connectivity index (χ0v) is 12.9. The number of nitrogens with two attached hydrogens (primary N) is 1. The maximum atomic E-state index is 11.3. The first kappa shape index (κ1) is 17.2. The Balaban J connectivity index is 2.22. The van der Waals surface area contributed by atoms with Crippen LogP contribution in [0.1, 0.15) is 37.9 Å². The van der Waals surface area contributed by atoms with Crippen molar-refractivity contribution < 1.29 is 19.8 Å². The van der Waals surface area contributed by atoms with Gasteiger partial charge in [0, 0.05) is 17.8 Å². The van der Waals surface area contributed by atoms with E-state index in [1.807, 2.05) is 0 Å². The highest BCUT2D eigenvalue weighted by Crippen LogP contribution is 2.21. The van der Waals surface area contributed by atoms with Crippen LogP contribution in [0, 0.1) is 0 Å². The van der Waals surface area contributed by atoms with Crippen LogP contribution in [0.25, 0.3) is 5.70 Å². The Labute approximate surface area is 139 Å². The average molecular weight is 326 g/mol. The highest BCUT2D eigenvalue weighted by molar-refractivity contribution is 5.93. The Morgan fingerprint density at radius 1 is 1.00 bits per heavy atom. The third kappa shape index (κ3) is 3.80. The van der Waals surface area contributed by atoms with Crippen molar-refractivity contribution in [1.29, 1.82) is 0 Å². The normalized spacial score (nSPS) is 11.5. The molecule has 124 valence electrons. The summed E-state index contributed by atoms with van der Waals surface area (Å²) in [5, 5.41) is 21.3. The predicted molar refractivity (Wildman–Crippen MR) is 90.8 cm³/mol. The number of carboxylic acids is 2. The summed E-state index contributed by atoms with van der Waals surface area (Å²) in [4.78, 5) is 22.2. The van der Waals surface area contributed by atoms with Gasteiger partial charge in [-0.25, -0.2) is 9.59 Å². The molecule has 0 bridgehead atoms. The second kappa shape index (κ2) is 7.43. The molecule has 1 atom stereocenters. The van der Waals surface area contributed by atoms with Gasteiger partial charge in [0.05, 0.1) is 17.2 Å². The van der Waals surface area contributed by atoms with Crippen molar-refractivity contribution >= 4 is 17.6 Å². The lowest BCUT2D eigenvalue weighted by molar-refractivity contribution is 0.0686. The third-order valence-corrected chi connectivity index (χ3v) is 3.63. The SMILES string of the molecule is C=C(NC(CN)c1ccc(C(=O)O)cc1)c1ccccc1C(=O)O. The molecule has 5 N–H and O–H groups in total. The largest absolute Gasteiger partial charge is 0.478 e. The van der Waals surface area contributed by atoms with Gasteiger partial charge in [-0.3, -0.25) is 0 Å². The van der Waals surface area contributed by atoms with Gasteiger partial charge in [0.2, 0.25) is 0 Å². The summed E-state index contributed by atoms with van der Waals surface area (Å²) in [5.74, 6) is -2.04. The minimum Gasteiger partial charge on any atom is -0.478 e. The molecular weight excluding hydrogens is 308 g/mol. The lowest BCUT2D eigenvalue weighted by atomic mass is 10.0. The Morgan fingerprint density at radius 2 is 1.58 bits per heavy atom. The third-order valence-electron chi connectivity index (χ3n) is 3.63. The first-order valence-corrected chi connectivity index (χ1v) is 7.25. The number of carbonyl (C=O) groups is 2. The molecule has 2 aromatic carbocycles. The van der Waals surface area contributed by atoms with Crippen LogP contribution in [0.5, 0.6) is 0 Å². The standard InChI is InChI=1S/C18H18N2O4/c1-11(14-4-2-3-5-15(14)18(23)24)20-16(10-19)12-6-8-13(9-7-12)17(21)22/h2-9,16,20H,1,10,19H2,(H,21,22)(H,23,24). The molecule has 6 heteroatoms. The Kier molecular flexibility index (Phi) is 5.34. The van der Waals surface area contributed by atoms with Crippen molar-refractivity contribution in [1.82, 2.24) is 5.32 Å². The fourth-order valence-corrected chi connectivity index (χ4v) is 2.36. The molecule has 24 heavy (non-hydrogen) atoms. The maximum absolute atomic E-state index is 11.3. The molecule has 0 aromatic heterocycles. The molecule has 0 aliphatic rings. The van der Waals surface area contributed by atoms with E-state index in [0.29, 0.717) is 11.3 Å². The lowest BCUT2D eigenvalue weighted by Crippen LogP contribution is -2.27. The van der Waals surface area contributed by atoms with E-state index in [9.17, 15) is 14.7 Å². The van der Waals surface area contributed by atoms with Crippen LogP contribution in [-0.2, 0) is 0 Å². The highest BCUT2D eigenvalue weighted by Gasteiger charge is 2.16. The van der Waals surface area contributed by atoms with Crippen LogP contribution in [0.15, 0.2) is 55.1 Å². The van der Waals surface area contributed by atoms with Crippen LogP contribution in [-0.4, -0.2) is 28.7 Å². The van der Waals surface area contributed by atoms with E-state index in [2.05, 4.69) is 11.9 Å². The molecule has 0 saturated heterocycles. The summed E-state index contributed by atoms with van der Waals surface area (Å²) in [6, 6.07) is 12.6. The summed E-state index contributed by atoms with van der Waals surface area (Å²) in [5.41, 5.74) is 7.82. The van der Waals surface area contributed by atoms with Gasteiger partial charge in [-0.05, 0) is 23.8 Å². The first-order chi connectivity index (χ1) is 11.4. The Morgan fingerprint density at radius 3 is 2.08 bits per heavy atom. The smallest absolute Gasteiger partial charge is 0.336 e. The number of rotatable bonds is 7. The Bertz CT molecular complexity index is 769. The van der Waals surface area contributed by atoms with Crippen molar-refractivity contribution in [3.8, 4) is 0 Å². The topological polar surface area (TPSA) is 113 Å². The molecule has 0 saturated carbocycles. The van der Waals surface area contributed by atoms with Crippen molar-refractivity contribution in [3.63, 3.8) is 0 Å². The molecule has 2 aromatic rings. The second-order valence-corrected chi connectivity index (χ2v) is 5.19. The molecule has 0 fully saturated rings. The molecule has 0 aliphatic heterocycles. The lowest BCUT2D eigenvalue weighted by Gasteiger charge is -2.21. The van der Waals surface area contributed by atoms with E-state index in [1.54, 1.807) is 30.3 Å².